The molecule has 4 rings (SSSR count). The minimum Gasteiger partial charge on any atom is -0.399 e. The number of rotatable bonds is 21. The number of hydrogen-bond acceptors (Lipinski definition) is 2. The maximum absolute atomic E-state index is 5.97. The van der Waals surface area contributed by atoms with E-state index in [2.05, 4.69) is 86.6 Å². The molecule has 0 radical (unpaired) electrons. The number of benzene rings is 4. The van der Waals surface area contributed by atoms with E-state index in [9.17, 15) is 0 Å². The molecule has 0 saturated carbocycles. The van der Waals surface area contributed by atoms with E-state index in [1.54, 1.807) is 0 Å². The van der Waals surface area contributed by atoms with E-state index in [-0.39, 0.29) is 0 Å². The van der Waals surface area contributed by atoms with Gasteiger partial charge in [-0.25, -0.2) is 0 Å². The molecule has 0 bridgehead atoms. The minimum atomic E-state index is 0.459. The van der Waals surface area contributed by atoms with Crippen LogP contribution in [0.1, 0.15) is 149 Å². The lowest BCUT2D eigenvalue weighted by Crippen LogP contribution is -2.02. The minimum absolute atomic E-state index is 0.459. The van der Waals surface area contributed by atoms with Crippen molar-refractivity contribution in [1.82, 2.24) is 0 Å². The first-order chi connectivity index (χ1) is 22.6. The van der Waals surface area contributed by atoms with Gasteiger partial charge in [-0.15, -0.1) is 0 Å². The zero-order valence-electron chi connectivity index (χ0n) is 28.9. The predicted molar refractivity (Wildman–Crippen MR) is 202 cm³/mol. The molecule has 0 amide bonds. The molecule has 0 aromatic heterocycles. The summed E-state index contributed by atoms with van der Waals surface area (Å²) in [7, 11) is 0. The fourth-order valence-electron chi connectivity index (χ4n) is 6.90. The van der Waals surface area contributed by atoms with E-state index in [4.69, 9.17) is 11.5 Å². The zero-order valence-corrected chi connectivity index (χ0v) is 28.9. The van der Waals surface area contributed by atoms with E-state index >= 15 is 0 Å². The van der Waals surface area contributed by atoms with E-state index < -0.39 is 0 Å². The molecule has 2 nitrogen and oxygen atoms in total. The normalized spacial score (nSPS) is 12.7. The number of nitrogen functional groups attached to an aromatic ring is 2. The van der Waals surface area contributed by atoms with Crippen LogP contribution in [0.3, 0.4) is 0 Å². The van der Waals surface area contributed by atoms with Gasteiger partial charge < -0.3 is 11.5 Å². The Hall–Kier alpha value is -3.52. The second-order valence-corrected chi connectivity index (χ2v) is 13.5. The van der Waals surface area contributed by atoms with Crippen LogP contribution in [0.5, 0.6) is 0 Å². The van der Waals surface area contributed by atoms with Crippen LogP contribution in [0.15, 0.2) is 97.1 Å². The molecule has 2 unspecified atom stereocenters. The topological polar surface area (TPSA) is 52.0 Å². The molecule has 46 heavy (non-hydrogen) atoms. The number of unbranched alkanes of at least 4 members (excludes halogenated alkanes) is 9. The molecule has 0 aliphatic heterocycles. The highest BCUT2D eigenvalue weighted by molar-refractivity contribution is 5.44. The number of nitrogens with two attached hydrogens (primary N) is 2. The molecule has 0 heterocycles. The maximum Gasteiger partial charge on any atom is 0.0314 e. The molecule has 0 aliphatic rings. The van der Waals surface area contributed by atoms with Crippen LogP contribution in [-0.4, -0.2) is 0 Å². The quantitative estimate of drug-likeness (QED) is 0.0723. The van der Waals surface area contributed by atoms with Crippen molar-refractivity contribution in [2.75, 3.05) is 11.5 Å². The molecular weight excluding hydrogens is 556 g/mol. The highest BCUT2D eigenvalue weighted by Gasteiger charge is 2.15. The van der Waals surface area contributed by atoms with E-state index in [0.29, 0.717) is 11.8 Å². The van der Waals surface area contributed by atoms with Crippen molar-refractivity contribution >= 4 is 11.4 Å². The Morgan fingerprint density at radius 1 is 0.370 bits per heavy atom. The summed E-state index contributed by atoms with van der Waals surface area (Å²) >= 11 is 0. The second kappa shape index (κ2) is 19.9. The lowest BCUT2D eigenvalue weighted by molar-refractivity contribution is 0.593. The van der Waals surface area contributed by atoms with Gasteiger partial charge in [0.2, 0.25) is 0 Å². The summed E-state index contributed by atoms with van der Waals surface area (Å²) in [6.07, 6.45) is 20.3. The molecule has 0 fully saturated rings. The fraction of sp³-hybridized carbons (Fsp3) is 0.455. The highest BCUT2D eigenvalue weighted by Crippen LogP contribution is 2.32. The van der Waals surface area contributed by atoms with Gasteiger partial charge in [0.15, 0.2) is 0 Å². The molecule has 2 atom stereocenters. The number of hydrogen-bond donors (Lipinski definition) is 2. The van der Waals surface area contributed by atoms with Crippen LogP contribution in [0.2, 0.25) is 0 Å². The third-order valence-corrected chi connectivity index (χ3v) is 9.82. The van der Waals surface area contributed by atoms with Gasteiger partial charge in [-0.2, -0.15) is 0 Å². The molecule has 0 saturated heterocycles. The summed E-state index contributed by atoms with van der Waals surface area (Å²) < 4.78 is 0. The first-order valence-electron chi connectivity index (χ1n) is 18.5. The van der Waals surface area contributed by atoms with Crippen LogP contribution < -0.4 is 11.5 Å². The van der Waals surface area contributed by atoms with Gasteiger partial charge in [-0.1, -0.05) is 151 Å². The van der Waals surface area contributed by atoms with Gasteiger partial charge >= 0.3 is 0 Å². The van der Waals surface area contributed by atoms with Gasteiger partial charge in [0.1, 0.15) is 0 Å². The zero-order chi connectivity index (χ0) is 32.4. The average Bonchev–Trinajstić information content (AvgIpc) is 3.08. The van der Waals surface area contributed by atoms with Crippen molar-refractivity contribution in [2.45, 2.75) is 128 Å². The third kappa shape index (κ3) is 11.7. The second-order valence-electron chi connectivity index (χ2n) is 13.5. The number of aryl methyl sites for hydroxylation is 2. The fourth-order valence-corrected chi connectivity index (χ4v) is 6.90. The van der Waals surface area contributed by atoms with Gasteiger partial charge in [0.05, 0.1) is 0 Å². The lowest BCUT2D eigenvalue weighted by atomic mass is 9.86. The average molecular weight is 617 g/mol. The molecule has 4 aromatic carbocycles. The molecule has 2 heteroatoms. The summed E-state index contributed by atoms with van der Waals surface area (Å²) in [4.78, 5) is 0. The first-order valence-corrected chi connectivity index (χ1v) is 18.5. The summed E-state index contributed by atoms with van der Waals surface area (Å²) in [6, 6.07) is 36.0. The molecule has 0 aliphatic carbocycles. The van der Waals surface area contributed by atoms with Crippen molar-refractivity contribution in [3.05, 3.63) is 130 Å². The van der Waals surface area contributed by atoms with Gasteiger partial charge in [-0.05, 0) is 96.2 Å². The molecule has 0 spiro atoms. The first kappa shape index (κ1) is 35.3. The van der Waals surface area contributed by atoms with Crippen molar-refractivity contribution in [3.63, 3.8) is 0 Å². The van der Waals surface area contributed by atoms with Crippen LogP contribution >= 0.6 is 0 Å². The summed E-state index contributed by atoms with van der Waals surface area (Å²) in [5.41, 5.74) is 22.2. The molecular formula is C44H60N2. The Morgan fingerprint density at radius 3 is 1.00 bits per heavy atom. The van der Waals surface area contributed by atoms with Gasteiger partial charge in [0, 0.05) is 23.2 Å². The van der Waals surface area contributed by atoms with Crippen LogP contribution in [0.25, 0.3) is 0 Å². The van der Waals surface area contributed by atoms with E-state index in [1.165, 1.54) is 136 Å². The van der Waals surface area contributed by atoms with Gasteiger partial charge in [-0.3, -0.25) is 0 Å². The Bertz CT molecular complexity index is 1240. The lowest BCUT2D eigenvalue weighted by Gasteiger charge is -2.19. The molecule has 4 aromatic rings. The standard InChI is InChI=1S/C44H60N2/c1-3-5-11-17-43(39-27-31-41(45)32-28-39)37-23-19-35(20-24-37)15-13-9-7-8-10-14-16-36-21-25-38(26-22-36)44(18-12-6-4-2)40-29-33-42(46)34-30-40/h19-34,43-44H,3-18,45-46H2,1-2H3. The van der Waals surface area contributed by atoms with Gasteiger partial charge in [0.25, 0.3) is 0 Å². The number of anilines is 2. The van der Waals surface area contributed by atoms with Crippen molar-refractivity contribution in [3.8, 4) is 0 Å². The summed E-state index contributed by atoms with van der Waals surface area (Å²) in [6.45, 7) is 4.56. The smallest absolute Gasteiger partial charge is 0.0314 e. The van der Waals surface area contributed by atoms with Crippen LogP contribution in [-0.2, 0) is 12.8 Å². The summed E-state index contributed by atoms with van der Waals surface area (Å²) in [5.74, 6) is 0.919. The Kier molecular flexibility index (Phi) is 15.3. The predicted octanol–water partition coefficient (Wildman–Crippen LogP) is 12.4. The Morgan fingerprint density at radius 2 is 0.674 bits per heavy atom. The highest BCUT2D eigenvalue weighted by atomic mass is 14.5. The maximum atomic E-state index is 5.97. The van der Waals surface area contributed by atoms with Crippen molar-refractivity contribution < 1.29 is 0 Å². The molecule has 4 N–H and O–H groups in total. The molecule has 246 valence electrons. The van der Waals surface area contributed by atoms with Crippen molar-refractivity contribution in [1.29, 1.82) is 0 Å². The Balaban J connectivity index is 1.15. The van der Waals surface area contributed by atoms with Crippen molar-refractivity contribution in [2.24, 2.45) is 0 Å². The van der Waals surface area contributed by atoms with E-state index in [0.717, 1.165) is 11.4 Å². The monoisotopic (exact) mass is 616 g/mol. The van der Waals surface area contributed by atoms with E-state index in [1.807, 2.05) is 24.3 Å². The van der Waals surface area contributed by atoms with Crippen LogP contribution in [0.4, 0.5) is 11.4 Å². The largest absolute Gasteiger partial charge is 0.399 e. The third-order valence-electron chi connectivity index (χ3n) is 9.82. The summed E-state index contributed by atoms with van der Waals surface area (Å²) in [5, 5.41) is 0. The SMILES string of the molecule is CCCCCC(c1ccc(N)cc1)c1ccc(CCCCCCCCc2ccc(C(CCCCC)c3ccc(N)cc3)cc2)cc1. The Labute approximate surface area is 281 Å². The van der Waals surface area contributed by atoms with Crippen LogP contribution in [0, 0.1) is 0 Å².